The monoisotopic (exact) mass is 264 g/mol. The molecule has 2 N–H and O–H groups in total. The van der Waals surface area contributed by atoms with E-state index in [1.807, 2.05) is 12.1 Å². The molecular formula is C12H13BrN2. The van der Waals surface area contributed by atoms with Gasteiger partial charge in [0.25, 0.3) is 0 Å². The molecule has 15 heavy (non-hydrogen) atoms. The van der Waals surface area contributed by atoms with Crippen molar-refractivity contribution < 1.29 is 0 Å². The van der Waals surface area contributed by atoms with Crippen molar-refractivity contribution >= 4 is 21.6 Å². The summed E-state index contributed by atoms with van der Waals surface area (Å²) in [5.41, 5.74) is 7.95. The number of benzene rings is 1. The Morgan fingerprint density at radius 2 is 2.27 bits per heavy atom. The van der Waals surface area contributed by atoms with Gasteiger partial charge in [-0.25, -0.2) is 0 Å². The minimum atomic E-state index is 0.584. The van der Waals surface area contributed by atoms with Crippen molar-refractivity contribution in [1.29, 1.82) is 0 Å². The number of nitrogens with zero attached hydrogens (tertiary/aromatic N) is 1. The van der Waals surface area contributed by atoms with E-state index in [2.05, 4.69) is 51.3 Å². The maximum Gasteiger partial charge on any atom is 0.0420 e. The average Bonchev–Trinajstić information content (AvgIpc) is 2.29. The van der Waals surface area contributed by atoms with E-state index < -0.39 is 0 Å². The fourth-order valence-electron chi connectivity index (χ4n) is 1.57. The lowest BCUT2D eigenvalue weighted by molar-refractivity contribution is 1.03. The summed E-state index contributed by atoms with van der Waals surface area (Å²) in [6.45, 7) is 1.49. The molecule has 0 aliphatic carbocycles. The molecule has 0 saturated heterocycles. The van der Waals surface area contributed by atoms with Gasteiger partial charge in [0.15, 0.2) is 0 Å². The molecule has 0 aromatic heterocycles. The van der Waals surface area contributed by atoms with E-state index in [9.17, 15) is 0 Å². The predicted octanol–water partition coefficient (Wildman–Crippen LogP) is 2.67. The first-order valence-corrected chi connectivity index (χ1v) is 5.68. The molecule has 0 unspecified atom stereocenters. The van der Waals surface area contributed by atoms with Crippen molar-refractivity contribution in [1.82, 2.24) is 0 Å². The number of hydrogen-bond acceptors (Lipinski definition) is 2. The van der Waals surface area contributed by atoms with Crippen molar-refractivity contribution in [2.45, 2.75) is 0 Å². The molecule has 0 radical (unpaired) electrons. The minimum absolute atomic E-state index is 0.584. The largest absolute Gasteiger partial charge is 0.344 e. The van der Waals surface area contributed by atoms with E-state index in [4.69, 9.17) is 5.73 Å². The summed E-state index contributed by atoms with van der Waals surface area (Å²) >= 11 is 3.47. The molecule has 0 spiro atoms. The third-order valence-corrected chi connectivity index (χ3v) is 2.82. The van der Waals surface area contributed by atoms with Gasteiger partial charge in [-0.15, -0.1) is 0 Å². The molecule has 2 nitrogen and oxygen atoms in total. The molecule has 0 saturated carbocycles. The van der Waals surface area contributed by atoms with Gasteiger partial charge in [-0.3, -0.25) is 0 Å². The van der Waals surface area contributed by atoms with Gasteiger partial charge < -0.3 is 10.6 Å². The molecule has 0 atom stereocenters. The smallest absolute Gasteiger partial charge is 0.0420 e. The molecule has 1 aromatic rings. The Morgan fingerprint density at radius 3 is 3.00 bits per heavy atom. The number of halogens is 1. The van der Waals surface area contributed by atoms with E-state index in [-0.39, 0.29) is 0 Å². The van der Waals surface area contributed by atoms with Gasteiger partial charge in [-0.2, -0.15) is 0 Å². The van der Waals surface area contributed by atoms with Crippen molar-refractivity contribution in [2.75, 3.05) is 18.0 Å². The zero-order valence-electron chi connectivity index (χ0n) is 8.36. The van der Waals surface area contributed by atoms with Crippen LogP contribution in [0.3, 0.4) is 0 Å². The van der Waals surface area contributed by atoms with Crippen LogP contribution in [0.1, 0.15) is 0 Å². The van der Waals surface area contributed by atoms with Crippen LogP contribution in [0.15, 0.2) is 52.7 Å². The molecular weight excluding hydrogens is 252 g/mol. The molecule has 1 aromatic carbocycles. The Kier molecular flexibility index (Phi) is 3.23. The number of hydrogen-bond donors (Lipinski definition) is 1. The van der Waals surface area contributed by atoms with Gasteiger partial charge in [-0.05, 0) is 23.8 Å². The second-order valence-electron chi connectivity index (χ2n) is 3.44. The summed E-state index contributed by atoms with van der Waals surface area (Å²) in [4.78, 5) is 2.19. The van der Waals surface area contributed by atoms with Crippen LogP contribution < -0.4 is 10.6 Å². The highest BCUT2D eigenvalue weighted by Gasteiger charge is 2.06. The Hall–Kier alpha value is -1.06. The predicted molar refractivity (Wildman–Crippen MR) is 67.8 cm³/mol. The lowest BCUT2D eigenvalue weighted by Crippen LogP contribution is -2.21. The first-order valence-electron chi connectivity index (χ1n) is 4.89. The van der Waals surface area contributed by atoms with E-state index in [0.29, 0.717) is 6.54 Å². The highest BCUT2D eigenvalue weighted by molar-refractivity contribution is 9.10. The SMILES string of the molecule is NCC1=CN(c2cccc(Br)c2)CC=C1. The lowest BCUT2D eigenvalue weighted by Gasteiger charge is -2.23. The summed E-state index contributed by atoms with van der Waals surface area (Å²) in [5, 5.41) is 0. The second-order valence-corrected chi connectivity index (χ2v) is 4.36. The number of rotatable bonds is 2. The van der Waals surface area contributed by atoms with E-state index in [0.717, 1.165) is 16.6 Å². The van der Waals surface area contributed by atoms with Gasteiger partial charge in [-0.1, -0.05) is 34.1 Å². The van der Waals surface area contributed by atoms with Crippen molar-refractivity contribution in [3.8, 4) is 0 Å². The molecule has 0 fully saturated rings. The van der Waals surface area contributed by atoms with Crippen molar-refractivity contribution in [3.05, 3.63) is 52.7 Å². The molecule has 1 aliphatic rings. The summed E-state index contributed by atoms with van der Waals surface area (Å²) < 4.78 is 1.09. The summed E-state index contributed by atoms with van der Waals surface area (Å²) in [6, 6.07) is 8.25. The maximum absolute atomic E-state index is 5.62. The second kappa shape index (κ2) is 4.64. The zero-order chi connectivity index (χ0) is 10.7. The van der Waals surface area contributed by atoms with Crippen LogP contribution in [0, 0.1) is 0 Å². The van der Waals surface area contributed by atoms with Gasteiger partial charge in [0.1, 0.15) is 0 Å². The van der Waals surface area contributed by atoms with Crippen LogP contribution in [-0.2, 0) is 0 Å². The van der Waals surface area contributed by atoms with E-state index in [1.54, 1.807) is 0 Å². The number of anilines is 1. The highest BCUT2D eigenvalue weighted by Crippen LogP contribution is 2.22. The minimum Gasteiger partial charge on any atom is -0.344 e. The molecule has 2 rings (SSSR count). The molecule has 78 valence electrons. The number of nitrogens with two attached hydrogens (primary N) is 1. The van der Waals surface area contributed by atoms with Gasteiger partial charge >= 0.3 is 0 Å². The van der Waals surface area contributed by atoms with Gasteiger partial charge in [0, 0.05) is 29.4 Å². The van der Waals surface area contributed by atoms with E-state index in [1.165, 1.54) is 5.69 Å². The van der Waals surface area contributed by atoms with Crippen molar-refractivity contribution in [2.24, 2.45) is 5.73 Å². The fraction of sp³-hybridized carbons (Fsp3) is 0.167. The van der Waals surface area contributed by atoms with Crippen LogP contribution in [0.25, 0.3) is 0 Å². The summed E-state index contributed by atoms with van der Waals surface area (Å²) in [7, 11) is 0. The Morgan fingerprint density at radius 1 is 1.40 bits per heavy atom. The lowest BCUT2D eigenvalue weighted by atomic mass is 10.2. The van der Waals surface area contributed by atoms with Crippen LogP contribution in [0.4, 0.5) is 5.69 Å². The van der Waals surface area contributed by atoms with Gasteiger partial charge in [0.05, 0.1) is 0 Å². The highest BCUT2D eigenvalue weighted by atomic mass is 79.9. The van der Waals surface area contributed by atoms with Crippen LogP contribution >= 0.6 is 15.9 Å². The van der Waals surface area contributed by atoms with Crippen LogP contribution in [0.2, 0.25) is 0 Å². The molecule has 0 bridgehead atoms. The average molecular weight is 265 g/mol. The maximum atomic E-state index is 5.62. The third kappa shape index (κ3) is 2.49. The van der Waals surface area contributed by atoms with Crippen LogP contribution in [-0.4, -0.2) is 13.1 Å². The normalized spacial score (nSPS) is 15.3. The zero-order valence-corrected chi connectivity index (χ0v) is 9.94. The van der Waals surface area contributed by atoms with Crippen LogP contribution in [0.5, 0.6) is 0 Å². The molecule has 1 heterocycles. The van der Waals surface area contributed by atoms with E-state index >= 15 is 0 Å². The molecule has 1 aliphatic heterocycles. The van der Waals surface area contributed by atoms with Crippen molar-refractivity contribution in [3.63, 3.8) is 0 Å². The fourth-order valence-corrected chi connectivity index (χ4v) is 1.96. The standard InChI is InChI=1S/C12H13BrN2/c13-11-4-1-5-12(7-11)15-6-2-3-10(8-14)9-15/h1-5,7,9H,6,8,14H2. The summed E-state index contributed by atoms with van der Waals surface area (Å²) in [5.74, 6) is 0. The molecule has 0 amide bonds. The topological polar surface area (TPSA) is 29.3 Å². The Labute approximate surface area is 98.2 Å². The first-order chi connectivity index (χ1) is 7.29. The quantitative estimate of drug-likeness (QED) is 0.890. The third-order valence-electron chi connectivity index (χ3n) is 2.33. The Bertz CT molecular complexity index is 410. The Balaban J connectivity index is 2.25. The molecule has 3 heteroatoms. The summed E-state index contributed by atoms with van der Waals surface area (Å²) in [6.07, 6.45) is 6.30. The van der Waals surface area contributed by atoms with Gasteiger partial charge in [0.2, 0.25) is 0 Å². The first kappa shape index (κ1) is 10.5.